The summed E-state index contributed by atoms with van der Waals surface area (Å²) in [7, 11) is 2.91. The van der Waals surface area contributed by atoms with Gasteiger partial charge >= 0.3 is 12.1 Å². The molecule has 1 aliphatic rings. The zero-order valence-electron chi connectivity index (χ0n) is 22.4. The van der Waals surface area contributed by atoms with E-state index in [9.17, 15) is 9.59 Å². The first kappa shape index (κ1) is 26.7. The SMILES string of the molecule is COC(=O)c1ccc(C2CCCCN2Cc2c(OC)cc(C)c3c2ccn3C(=O)OC(C)(C)C)c(F)c1. The fourth-order valence-corrected chi connectivity index (χ4v) is 5.15. The van der Waals surface area contributed by atoms with Crippen LogP contribution in [0.5, 0.6) is 5.75 Å². The summed E-state index contributed by atoms with van der Waals surface area (Å²) in [6.07, 6.45) is 4.06. The minimum atomic E-state index is -0.620. The van der Waals surface area contributed by atoms with Crippen LogP contribution in [-0.4, -0.2) is 47.9 Å². The summed E-state index contributed by atoms with van der Waals surface area (Å²) >= 11 is 0. The summed E-state index contributed by atoms with van der Waals surface area (Å²) in [5.41, 5.74) is 2.73. The summed E-state index contributed by atoms with van der Waals surface area (Å²) in [5, 5.41) is 0.897. The molecule has 1 aromatic heterocycles. The number of esters is 1. The molecule has 1 atom stereocenters. The highest BCUT2D eigenvalue weighted by atomic mass is 19.1. The molecule has 3 aromatic rings. The topological polar surface area (TPSA) is 70.0 Å². The molecule has 8 heteroatoms. The molecular formula is C29H35FN2O5. The van der Waals surface area contributed by atoms with E-state index < -0.39 is 23.5 Å². The van der Waals surface area contributed by atoms with Crippen molar-refractivity contribution in [1.29, 1.82) is 0 Å². The Kier molecular flexibility index (Phi) is 7.59. The number of methoxy groups -OCH3 is 2. The number of fused-ring (bicyclic) bond motifs is 1. The molecule has 0 radical (unpaired) electrons. The van der Waals surface area contributed by atoms with Gasteiger partial charge in [0.05, 0.1) is 25.3 Å². The second kappa shape index (κ2) is 10.5. The molecule has 0 amide bonds. The number of likely N-dealkylation sites (tertiary alicyclic amines) is 1. The van der Waals surface area contributed by atoms with Crippen LogP contribution in [0.15, 0.2) is 36.5 Å². The molecule has 1 aliphatic heterocycles. The lowest BCUT2D eigenvalue weighted by Gasteiger charge is -2.36. The van der Waals surface area contributed by atoms with E-state index in [-0.39, 0.29) is 11.6 Å². The van der Waals surface area contributed by atoms with E-state index in [2.05, 4.69) is 4.90 Å². The molecule has 1 fully saturated rings. The lowest BCUT2D eigenvalue weighted by atomic mass is 9.93. The van der Waals surface area contributed by atoms with Crippen LogP contribution in [0.3, 0.4) is 0 Å². The first-order chi connectivity index (χ1) is 17.5. The van der Waals surface area contributed by atoms with Gasteiger partial charge in [0, 0.05) is 35.3 Å². The second-order valence-electron chi connectivity index (χ2n) is 10.5. The first-order valence-corrected chi connectivity index (χ1v) is 12.6. The third kappa shape index (κ3) is 5.49. The van der Waals surface area contributed by atoms with Crippen molar-refractivity contribution in [3.05, 3.63) is 64.6 Å². The van der Waals surface area contributed by atoms with Crippen molar-refractivity contribution < 1.29 is 28.2 Å². The van der Waals surface area contributed by atoms with Crippen LogP contribution in [0.2, 0.25) is 0 Å². The average Bonchev–Trinajstić information content (AvgIpc) is 3.31. The number of carbonyl (C=O) groups excluding carboxylic acids is 2. The standard InChI is InChI=1S/C29H35FN2O5/c1-18-15-25(35-5)22(20-12-14-32(26(18)20)28(34)37-29(2,3)4)17-31-13-8-7-9-24(31)21-11-10-19(16-23(21)30)27(33)36-6/h10-12,14-16,24H,7-9,13,17H2,1-6H3. The summed E-state index contributed by atoms with van der Waals surface area (Å²) in [5.74, 6) is -0.262. The van der Waals surface area contributed by atoms with Crippen LogP contribution in [0.25, 0.3) is 10.9 Å². The molecule has 1 unspecified atom stereocenters. The van der Waals surface area contributed by atoms with Gasteiger partial charge in [0.2, 0.25) is 0 Å². The molecular weight excluding hydrogens is 475 g/mol. The van der Waals surface area contributed by atoms with Gasteiger partial charge < -0.3 is 14.2 Å². The van der Waals surface area contributed by atoms with Gasteiger partial charge in [0.15, 0.2) is 0 Å². The molecule has 198 valence electrons. The van der Waals surface area contributed by atoms with E-state index >= 15 is 4.39 Å². The first-order valence-electron chi connectivity index (χ1n) is 12.6. The number of nitrogens with zero attached hydrogens (tertiary/aromatic N) is 2. The van der Waals surface area contributed by atoms with Gasteiger partial charge in [-0.25, -0.2) is 14.0 Å². The quantitative estimate of drug-likeness (QED) is 0.370. The number of aromatic nitrogens is 1. The van der Waals surface area contributed by atoms with Gasteiger partial charge in [-0.1, -0.05) is 12.5 Å². The monoisotopic (exact) mass is 510 g/mol. The maximum absolute atomic E-state index is 15.2. The summed E-state index contributed by atoms with van der Waals surface area (Å²) < 4.78 is 32.9. The molecule has 2 heterocycles. The number of carbonyl (C=O) groups is 2. The van der Waals surface area contributed by atoms with E-state index in [1.165, 1.54) is 17.7 Å². The Morgan fingerprint density at radius 2 is 1.86 bits per heavy atom. The van der Waals surface area contributed by atoms with Crippen molar-refractivity contribution in [3.63, 3.8) is 0 Å². The third-order valence-corrected chi connectivity index (χ3v) is 6.80. The maximum atomic E-state index is 15.2. The zero-order valence-corrected chi connectivity index (χ0v) is 22.4. The normalized spacial score (nSPS) is 16.6. The van der Waals surface area contributed by atoms with Crippen LogP contribution in [0, 0.1) is 12.7 Å². The smallest absolute Gasteiger partial charge is 0.419 e. The largest absolute Gasteiger partial charge is 0.496 e. The number of hydrogen-bond acceptors (Lipinski definition) is 6. The Morgan fingerprint density at radius 3 is 2.51 bits per heavy atom. The van der Waals surface area contributed by atoms with Gasteiger partial charge in [-0.05, 0) is 76.9 Å². The lowest BCUT2D eigenvalue weighted by Crippen LogP contribution is -2.33. The van der Waals surface area contributed by atoms with Crippen molar-refractivity contribution in [2.45, 2.75) is 65.1 Å². The van der Waals surface area contributed by atoms with Crippen LogP contribution in [-0.2, 0) is 16.0 Å². The fraction of sp³-hybridized carbons (Fsp3) is 0.448. The highest BCUT2D eigenvalue weighted by molar-refractivity contribution is 5.95. The molecule has 0 N–H and O–H groups in total. The van der Waals surface area contributed by atoms with Crippen LogP contribution >= 0.6 is 0 Å². The van der Waals surface area contributed by atoms with Gasteiger partial charge in [0.1, 0.15) is 17.2 Å². The minimum Gasteiger partial charge on any atom is -0.496 e. The lowest BCUT2D eigenvalue weighted by molar-refractivity contribution is 0.0542. The van der Waals surface area contributed by atoms with Crippen LogP contribution in [0.4, 0.5) is 9.18 Å². The van der Waals surface area contributed by atoms with E-state index in [0.29, 0.717) is 12.1 Å². The number of piperidine rings is 1. The van der Waals surface area contributed by atoms with Gasteiger partial charge in [0.25, 0.3) is 0 Å². The molecule has 0 saturated carbocycles. The van der Waals surface area contributed by atoms with Crippen molar-refractivity contribution in [2.24, 2.45) is 0 Å². The van der Waals surface area contributed by atoms with E-state index in [4.69, 9.17) is 14.2 Å². The van der Waals surface area contributed by atoms with Gasteiger partial charge in [-0.15, -0.1) is 0 Å². The highest BCUT2D eigenvalue weighted by Gasteiger charge is 2.29. The molecule has 0 bridgehead atoms. The molecule has 2 aromatic carbocycles. The fourth-order valence-electron chi connectivity index (χ4n) is 5.15. The Hall–Kier alpha value is -3.39. The van der Waals surface area contributed by atoms with Crippen LogP contribution in [0.1, 0.15) is 73.1 Å². The highest BCUT2D eigenvalue weighted by Crippen LogP contribution is 2.38. The van der Waals surface area contributed by atoms with E-state index in [1.807, 2.05) is 39.8 Å². The summed E-state index contributed by atoms with van der Waals surface area (Å²) in [6, 6.07) is 8.24. The van der Waals surface area contributed by atoms with Crippen molar-refractivity contribution in [2.75, 3.05) is 20.8 Å². The Balaban J connectivity index is 1.73. The van der Waals surface area contributed by atoms with E-state index in [0.717, 1.165) is 53.6 Å². The number of halogens is 1. The zero-order chi connectivity index (χ0) is 26.9. The number of rotatable bonds is 5. The molecule has 1 saturated heterocycles. The predicted molar refractivity (Wildman–Crippen MR) is 140 cm³/mol. The van der Waals surface area contributed by atoms with Crippen molar-refractivity contribution in [1.82, 2.24) is 9.47 Å². The predicted octanol–water partition coefficient (Wildman–Crippen LogP) is 6.39. The van der Waals surface area contributed by atoms with E-state index in [1.54, 1.807) is 25.4 Å². The Bertz CT molecular complexity index is 1320. The molecule has 7 nitrogen and oxygen atoms in total. The molecule has 37 heavy (non-hydrogen) atoms. The third-order valence-electron chi connectivity index (χ3n) is 6.80. The number of hydrogen-bond donors (Lipinski definition) is 0. The molecule has 0 spiro atoms. The van der Waals surface area contributed by atoms with Crippen molar-refractivity contribution in [3.8, 4) is 5.75 Å². The summed E-state index contributed by atoms with van der Waals surface area (Å²) in [4.78, 5) is 27.0. The number of ether oxygens (including phenoxy) is 3. The number of benzene rings is 2. The number of aryl methyl sites for hydroxylation is 1. The molecule has 0 aliphatic carbocycles. The van der Waals surface area contributed by atoms with Crippen molar-refractivity contribution >= 4 is 23.0 Å². The Morgan fingerprint density at radius 1 is 1.11 bits per heavy atom. The average molecular weight is 511 g/mol. The second-order valence-corrected chi connectivity index (χ2v) is 10.5. The summed E-state index contributed by atoms with van der Waals surface area (Å²) in [6.45, 7) is 8.76. The molecule has 4 rings (SSSR count). The maximum Gasteiger partial charge on any atom is 0.419 e. The Labute approximate surface area is 217 Å². The van der Waals surface area contributed by atoms with Gasteiger partial charge in [-0.3, -0.25) is 9.47 Å². The minimum absolute atomic E-state index is 0.158. The van der Waals surface area contributed by atoms with Crippen LogP contribution < -0.4 is 4.74 Å². The van der Waals surface area contributed by atoms with Gasteiger partial charge in [-0.2, -0.15) is 0 Å².